The van der Waals surface area contributed by atoms with Crippen LogP contribution in [0.15, 0.2) is 24.3 Å². The molecule has 2 unspecified atom stereocenters. The number of rotatable bonds is 7. The fraction of sp³-hybridized carbons (Fsp3) is 0.700. The van der Waals surface area contributed by atoms with Crippen LogP contribution in [0.2, 0.25) is 0 Å². The van der Waals surface area contributed by atoms with Crippen molar-refractivity contribution >= 4 is 5.69 Å². The number of hydrogen-bond donors (Lipinski definition) is 1. The molecule has 0 radical (unpaired) electrons. The highest BCUT2D eigenvalue weighted by Crippen LogP contribution is 2.31. The molecule has 2 rings (SSSR count). The molecule has 1 aromatic rings. The van der Waals surface area contributed by atoms with Gasteiger partial charge in [0.1, 0.15) is 0 Å². The molecule has 1 aliphatic carbocycles. The van der Waals surface area contributed by atoms with Crippen LogP contribution in [0.3, 0.4) is 0 Å². The third-order valence-electron chi connectivity index (χ3n) is 4.73. The van der Waals surface area contributed by atoms with Crippen molar-refractivity contribution in [2.45, 2.75) is 78.2 Å². The first kappa shape index (κ1) is 16.4. The van der Waals surface area contributed by atoms with Crippen LogP contribution in [0.25, 0.3) is 0 Å². The van der Waals surface area contributed by atoms with Gasteiger partial charge in [0.2, 0.25) is 0 Å². The number of unbranched alkanes of at least 4 members (excludes halogenated alkanes) is 1. The van der Waals surface area contributed by atoms with Crippen LogP contribution in [0.5, 0.6) is 0 Å². The summed E-state index contributed by atoms with van der Waals surface area (Å²) in [6.07, 6.45) is 10.7. The lowest BCUT2D eigenvalue weighted by molar-refractivity contribution is 0.289. The first-order chi connectivity index (χ1) is 10.2. The standard InChI is InChI=1S/C20H33N/c1-4-5-7-17-10-12-19(13-11-17)21-20-9-6-8-18(15-20)14-16(2)3/h10-13,16,18,20-21H,4-9,14-15H2,1-3H3. The number of anilines is 1. The maximum absolute atomic E-state index is 3.77. The summed E-state index contributed by atoms with van der Waals surface area (Å²) >= 11 is 0. The van der Waals surface area contributed by atoms with E-state index in [4.69, 9.17) is 0 Å². The van der Waals surface area contributed by atoms with Gasteiger partial charge in [-0.25, -0.2) is 0 Å². The molecular formula is C20H33N. The van der Waals surface area contributed by atoms with Gasteiger partial charge in [0.15, 0.2) is 0 Å². The molecule has 1 saturated carbocycles. The first-order valence-electron chi connectivity index (χ1n) is 9.02. The molecule has 0 saturated heterocycles. The normalized spacial score (nSPS) is 22.5. The molecule has 1 aromatic carbocycles. The zero-order valence-electron chi connectivity index (χ0n) is 14.2. The van der Waals surface area contributed by atoms with Crippen molar-refractivity contribution in [1.82, 2.24) is 0 Å². The Morgan fingerprint density at radius 2 is 1.90 bits per heavy atom. The van der Waals surface area contributed by atoms with Crippen molar-refractivity contribution in [2.75, 3.05) is 5.32 Å². The predicted octanol–water partition coefficient (Wildman–Crippen LogP) is 6.05. The average molecular weight is 287 g/mol. The van der Waals surface area contributed by atoms with Crippen LogP contribution in [0.1, 0.15) is 71.3 Å². The van der Waals surface area contributed by atoms with Gasteiger partial charge >= 0.3 is 0 Å². The Morgan fingerprint density at radius 3 is 2.57 bits per heavy atom. The Balaban J connectivity index is 1.83. The maximum Gasteiger partial charge on any atom is 0.0342 e. The van der Waals surface area contributed by atoms with Gasteiger partial charge in [0.25, 0.3) is 0 Å². The number of aryl methyl sites for hydroxylation is 1. The second kappa shape index (κ2) is 8.46. The molecule has 1 nitrogen and oxygen atoms in total. The van der Waals surface area contributed by atoms with E-state index in [-0.39, 0.29) is 0 Å². The lowest BCUT2D eigenvalue weighted by Gasteiger charge is -2.31. The van der Waals surface area contributed by atoms with E-state index in [0.717, 1.165) is 11.8 Å². The summed E-state index contributed by atoms with van der Waals surface area (Å²) in [5.74, 6) is 1.77. The quantitative estimate of drug-likeness (QED) is 0.644. The third-order valence-corrected chi connectivity index (χ3v) is 4.73. The monoisotopic (exact) mass is 287 g/mol. The van der Waals surface area contributed by atoms with Crippen LogP contribution < -0.4 is 5.32 Å². The summed E-state index contributed by atoms with van der Waals surface area (Å²) in [6.45, 7) is 6.96. The highest BCUT2D eigenvalue weighted by atomic mass is 14.9. The Bertz CT molecular complexity index is 393. The number of nitrogens with one attached hydrogen (secondary N) is 1. The lowest BCUT2D eigenvalue weighted by atomic mass is 9.81. The molecule has 1 N–H and O–H groups in total. The van der Waals surface area contributed by atoms with E-state index in [1.54, 1.807) is 0 Å². The Hall–Kier alpha value is -0.980. The van der Waals surface area contributed by atoms with E-state index < -0.39 is 0 Å². The van der Waals surface area contributed by atoms with Gasteiger partial charge in [-0.1, -0.05) is 52.2 Å². The molecule has 0 spiro atoms. The summed E-state index contributed by atoms with van der Waals surface area (Å²) in [5, 5.41) is 3.77. The third kappa shape index (κ3) is 5.73. The van der Waals surface area contributed by atoms with Crippen molar-refractivity contribution in [3.05, 3.63) is 29.8 Å². The zero-order chi connectivity index (χ0) is 15.1. The van der Waals surface area contributed by atoms with E-state index in [1.165, 1.54) is 62.6 Å². The van der Waals surface area contributed by atoms with E-state index in [1.807, 2.05) is 0 Å². The minimum absolute atomic E-state index is 0.684. The molecule has 118 valence electrons. The summed E-state index contributed by atoms with van der Waals surface area (Å²) < 4.78 is 0. The average Bonchev–Trinajstić information content (AvgIpc) is 2.46. The minimum Gasteiger partial charge on any atom is -0.382 e. The van der Waals surface area contributed by atoms with Gasteiger partial charge in [0.05, 0.1) is 0 Å². The van der Waals surface area contributed by atoms with Crippen molar-refractivity contribution in [1.29, 1.82) is 0 Å². The van der Waals surface area contributed by atoms with E-state index in [2.05, 4.69) is 50.4 Å². The summed E-state index contributed by atoms with van der Waals surface area (Å²) in [6, 6.07) is 9.83. The first-order valence-corrected chi connectivity index (χ1v) is 9.02. The Labute approximate surface area is 131 Å². The van der Waals surface area contributed by atoms with Gasteiger partial charge in [-0.15, -0.1) is 0 Å². The molecule has 0 aliphatic heterocycles. The molecule has 1 heteroatoms. The highest BCUT2D eigenvalue weighted by molar-refractivity contribution is 5.45. The summed E-state index contributed by atoms with van der Waals surface area (Å²) in [7, 11) is 0. The Kier molecular flexibility index (Phi) is 6.60. The van der Waals surface area contributed by atoms with E-state index in [9.17, 15) is 0 Å². The summed E-state index contributed by atoms with van der Waals surface area (Å²) in [4.78, 5) is 0. The summed E-state index contributed by atoms with van der Waals surface area (Å²) in [5.41, 5.74) is 2.79. The second-order valence-electron chi connectivity index (χ2n) is 7.30. The smallest absolute Gasteiger partial charge is 0.0342 e. The van der Waals surface area contributed by atoms with E-state index >= 15 is 0 Å². The molecule has 0 aromatic heterocycles. The van der Waals surface area contributed by atoms with Crippen LogP contribution in [-0.4, -0.2) is 6.04 Å². The SMILES string of the molecule is CCCCc1ccc(NC2CCCC(CC(C)C)C2)cc1. The van der Waals surface area contributed by atoms with Gasteiger partial charge in [-0.2, -0.15) is 0 Å². The molecule has 2 atom stereocenters. The van der Waals surface area contributed by atoms with Crippen LogP contribution in [0.4, 0.5) is 5.69 Å². The minimum atomic E-state index is 0.684. The molecular weight excluding hydrogens is 254 g/mol. The van der Waals surface area contributed by atoms with Crippen LogP contribution in [0, 0.1) is 11.8 Å². The highest BCUT2D eigenvalue weighted by Gasteiger charge is 2.22. The fourth-order valence-corrected chi connectivity index (χ4v) is 3.69. The van der Waals surface area contributed by atoms with Gasteiger partial charge in [0, 0.05) is 11.7 Å². The molecule has 0 heterocycles. The molecule has 0 bridgehead atoms. The molecule has 1 aliphatic rings. The van der Waals surface area contributed by atoms with Gasteiger partial charge in [-0.3, -0.25) is 0 Å². The predicted molar refractivity (Wildman–Crippen MR) is 93.9 cm³/mol. The Morgan fingerprint density at radius 1 is 1.14 bits per heavy atom. The number of hydrogen-bond acceptors (Lipinski definition) is 1. The number of benzene rings is 1. The van der Waals surface area contributed by atoms with Crippen molar-refractivity contribution < 1.29 is 0 Å². The molecule has 21 heavy (non-hydrogen) atoms. The molecule has 1 fully saturated rings. The van der Waals surface area contributed by atoms with Crippen LogP contribution in [-0.2, 0) is 6.42 Å². The second-order valence-corrected chi connectivity index (χ2v) is 7.30. The zero-order valence-corrected chi connectivity index (χ0v) is 14.2. The lowest BCUT2D eigenvalue weighted by Crippen LogP contribution is -2.27. The largest absolute Gasteiger partial charge is 0.382 e. The van der Waals surface area contributed by atoms with Crippen molar-refractivity contribution in [3.63, 3.8) is 0 Å². The van der Waals surface area contributed by atoms with E-state index in [0.29, 0.717) is 6.04 Å². The van der Waals surface area contributed by atoms with Gasteiger partial charge in [-0.05, 0) is 61.6 Å². The van der Waals surface area contributed by atoms with Crippen molar-refractivity contribution in [2.24, 2.45) is 11.8 Å². The van der Waals surface area contributed by atoms with Gasteiger partial charge < -0.3 is 5.32 Å². The maximum atomic E-state index is 3.77. The topological polar surface area (TPSA) is 12.0 Å². The van der Waals surface area contributed by atoms with Crippen LogP contribution >= 0.6 is 0 Å². The van der Waals surface area contributed by atoms with Crippen molar-refractivity contribution in [3.8, 4) is 0 Å². The fourth-order valence-electron chi connectivity index (χ4n) is 3.69. The molecule has 0 amide bonds.